The Morgan fingerprint density at radius 2 is 2.40 bits per heavy atom. The Balaban J connectivity index is 2.62. The van der Waals surface area contributed by atoms with Gasteiger partial charge < -0.3 is 4.74 Å². The van der Waals surface area contributed by atoms with Gasteiger partial charge >= 0.3 is 5.97 Å². The van der Waals surface area contributed by atoms with Crippen molar-refractivity contribution in [2.24, 2.45) is 5.41 Å². The van der Waals surface area contributed by atoms with Crippen molar-refractivity contribution in [3.05, 3.63) is 0 Å². The maximum absolute atomic E-state index is 11.0. The van der Waals surface area contributed by atoms with Crippen LogP contribution in [0.4, 0.5) is 0 Å². The Kier molecular flexibility index (Phi) is 2.22. The van der Waals surface area contributed by atoms with Crippen LogP contribution < -0.4 is 0 Å². The van der Waals surface area contributed by atoms with E-state index in [0.29, 0.717) is 0 Å². The summed E-state index contributed by atoms with van der Waals surface area (Å²) >= 11 is 2.24. The van der Waals surface area contributed by atoms with Gasteiger partial charge in [-0.3, -0.25) is 4.79 Å². The average molecular weight is 254 g/mol. The molecule has 0 spiro atoms. The summed E-state index contributed by atoms with van der Waals surface area (Å²) < 4.78 is 5.99. The van der Waals surface area contributed by atoms with Gasteiger partial charge in [0, 0.05) is 10.8 Å². The van der Waals surface area contributed by atoms with Gasteiger partial charge in [0.15, 0.2) is 0 Å². The van der Waals surface area contributed by atoms with E-state index in [4.69, 9.17) is 4.74 Å². The van der Waals surface area contributed by atoms with Crippen molar-refractivity contribution in [1.29, 1.82) is 0 Å². The van der Waals surface area contributed by atoms with E-state index in [-0.39, 0.29) is 17.5 Å². The summed E-state index contributed by atoms with van der Waals surface area (Å²) in [5.74, 6) is -0.0471. The first-order valence-electron chi connectivity index (χ1n) is 3.33. The van der Waals surface area contributed by atoms with Crippen LogP contribution in [0, 0.1) is 5.41 Å². The highest BCUT2D eigenvalue weighted by Gasteiger charge is 2.40. The molecule has 0 aromatic carbocycles. The molecule has 1 aliphatic heterocycles. The molecule has 1 fully saturated rings. The fourth-order valence-corrected chi connectivity index (χ4v) is 1.58. The van der Waals surface area contributed by atoms with E-state index in [1.807, 2.05) is 13.8 Å². The molecule has 1 saturated heterocycles. The summed E-state index contributed by atoms with van der Waals surface area (Å²) in [6, 6.07) is 0. The Morgan fingerprint density at radius 3 is 2.60 bits per heavy atom. The molecular weight excluding hydrogens is 243 g/mol. The monoisotopic (exact) mass is 254 g/mol. The van der Waals surface area contributed by atoms with Crippen molar-refractivity contribution in [1.82, 2.24) is 0 Å². The summed E-state index contributed by atoms with van der Waals surface area (Å²) in [5, 5.41) is 0. The zero-order valence-corrected chi connectivity index (χ0v) is 8.34. The third kappa shape index (κ3) is 1.44. The highest BCUT2D eigenvalue weighted by molar-refractivity contribution is 14.1. The molecule has 1 heterocycles. The minimum Gasteiger partial charge on any atom is -0.461 e. The standard InChI is InChI=1S/C7H11IO2/c1-7(2)3-5(4-8)10-6(7)9/h5H,3-4H2,1-2H3. The van der Waals surface area contributed by atoms with Crippen LogP contribution in [0.2, 0.25) is 0 Å². The summed E-state index contributed by atoms with van der Waals surface area (Å²) in [4.78, 5) is 11.0. The van der Waals surface area contributed by atoms with Crippen molar-refractivity contribution in [2.45, 2.75) is 26.4 Å². The molecule has 1 unspecified atom stereocenters. The summed E-state index contributed by atoms with van der Waals surface area (Å²) in [6.45, 7) is 3.86. The van der Waals surface area contributed by atoms with Crippen LogP contribution in [0.3, 0.4) is 0 Å². The molecule has 1 rings (SSSR count). The van der Waals surface area contributed by atoms with Gasteiger partial charge in [0.25, 0.3) is 0 Å². The van der Waals surface area contributed by atoms with Gasteiger partial charge in [-0.1, -0.05) is 22.6 Å². The van der Waals surface area contributed by atoms with E-state index in [0.717, 1.165) is 10.8 Å². The Labute approximate surface area is 74.5 Å². The molecule has 1 aliphatic rings. The number of hydrogen-bond donors (Lipinski definition) is 0. The number of hydrogen-bond acceptors (Lipinski definition) is 2. The number of carbonyl (C=O) groups excluding carboxylic acids is 1. The van der Waals surface area contributed by atoms with Gasteiger partial charge in [0.05, 0.1) is 5.41 Å². The highest BCUT2D eigenvalue weighted by atomic mass is 127. The van der Waals surface area contributed by atoms with Crippen molar-refractivity contribution in [3.63, 3.8) is 0 Å². The van der Waals surface area contributed by atoms with E-state index < -0.39 is 0 Å². The molecular formula is C7H11IO2. The summed E-state index contributed by atoms with van der Waals surface area (Å²) in [7, 11) is 0. The largest absolute Gasteiger partial charge is 0.461 e. The molecule has 0 N–H and O–H groups in total. The average Bonchev–Trinajstić information content (AvgIpc) is 2.08. The molecule has 0 bridgehead atoms. The third-order valence-electron chi connectivity index (χ3n) is 1.74. The van der Waals surface area contributed by atoms with Crippen molar-refractivity contribution in [2.75, 3.05) is 4.43 Å². The Bertz CT molecular complexity index is 154. The maximum Gasteiger partial charge on any atom is 0.311 e. The lowest BCUT2D eigenvalue weighted by Crippen LogP contribution is -2.16. The molecule has 0 radical (unpaired) electrons. The maximum atomic E-state index is 11.0. The first-order chi connectivity index (χ1) is 4.56. The van der Waals surface area contributed by atoms with Crippen LogP contribution in [-0.2, 0) is 9.53 Å². The SMILES string of the molecule is CC1(C)CC(CI)OC1=O. The van der Waals surface area contributed by atoms with Crippen molar-refractivity contribution in [3.8, 4) is 0 Å². The number of rotatable bonds is 1. The van der Waals surface area contributed by atoms with Gasteiger partial charge in [0.2, 0.25) is 0 Å². The Hall–Kier alpha value is 0.200. The first-order valence-corrected chi connectivity index (χ1v) is 4.86. The molecule has 0 aliphatic carbocycles. The topological polar surface area (TPSA) is 26.3 Å². The first kappa shape index (κ1) is 8.30. The highest BCUT2D eigenvalue weighted by Crippen LogP contribution is 2.33. The molecule has 1 atom stereocenters. The molecule has 0 saturated carbocycles. The molecule has 58 valence electrons. The van der Waals surface area contributed by atoms with Crippen LogP contribution in [0.15, 0.2) is 0 Å². The quantitative estimate of drug-likeness (QED) is 0.405. The number of halogens is 1. The van der Waals surface area contributed by atoms with Gasteiger partial charge in [-0.15, -0.1) is 0 Å². The number of carbonyl (C=O) groups is 1. The van der Waals surface area contributed by atoms with E-state index in [9.17, 15) is 4.79 Å². The van der Waals surface area contributed by atoms with Gasteiger partial charge in [-0.25, -0.2) is 0 Å². The van der Waals surface area contributed by atoms with Gasteiger partial charge in [-0.05, 0) is 13.8 Å². The number of ether oxygens (including phenoxy) is 1. The van der Waals surface area contributed by atoms with Crippen molar-refractivity contribution < 1.29 is 9.53 Å². The smallest absolute Gasteiger partial charge is 0.311 e. The number of cyclic esters (lactones) is 1. The fourth-order valence-electron chi connectivity index (χ4n) is 1.09. The summed E-state index contributed by atoms with van der Waals surface area (Å²) in [5.41, 5.74) is -0.240. The predicted octanol–water partition coefficient (Wildman–Crippen LogP) is 1.76. The molecule has 10 heavy (non-hydrogen) atoms. The zero-order valence-electron chi connectivity index (χ0n) is 6.19. The van der Waals surface area contributed by atoms with Crippen LogP contribution >= 0.6 is 22.6 Å². The van der Waals surface area contributed by atoms with Crippen LogP contribution in [0.5, 0.6) is 0 Å². The van der Waals surface area contributed by atoms with E-state index >= 15 is 0 Å². The second kappa shape index (κ2) is 2.68. The lowest BCUT2D eigenvalue weighted by atomic mass is 9.90. The van der Waals surface area contributed by atoms with Crippen LogP contribution in [-0.4, -0.2) is 16.5 Å². The number of esters is 1. The fraction of sp³-hybridized carbons (Fsp3) is 0.857. The van der Waals surface area contributed by atoms with Crippen LogP contribution in [0.25, 0.3) is 0 Å². The van der Waals surface area contributed by atoms with E-state index in [1.165, 1.54) is 0 Å². The van der Waals surface area contributed by atoms with E-state index in [2.05, 4.69) is 22.6 Å². The number of alkyl halides is 1. The van der Waals surface area contributed by atoms with E-state index in [1.54, 1.807) is 0 Å². The normalized spacial score (nSPS) is 30.3. The third-order valence-corrected chi connectivity index (χ3v) is 2.72. The zero-order chi connectivity index (χ0) is 7.78. The van der Waals surface area contributed by atoms with Crippen LogP contribution in [0.1, 0.15) is 20.3 Å². The molecule has 0 aromatic heterocycles. The van der Waals surface area contributed by atoms with Crippen molar-refractivity contribution >= 4 is 28.6 Å². The second-order valence-corrected chi connectivity index (χ2v) is 4.15. The summed E-state index contributed by atoms with van der Waals surface area (Å²) in [6.07, 6.45) is 1.03. The lowest BCUT2D eigenvalue weighted by Gasteiger charge is -2.08. The molecule has 2 nitrogen and oxygen atoms in total. The molecule has 0 aromatic rings. The van der Waals surface area contributed by atoms with Gasteiger partial charge in [0.1, 0.15) is 6.10 Å². The minimum atomic E-state index is -0.240. The Morgan fingerprint density at radius 1 is 1.80 bits per heavy atom. The molecule has 0 amide bonds. The van der Waals surface area contributed by atoms with Gasteiger partial charge in [-0.2, -0.15) is 0 Å². The minimum absolute atomic E-state index is 0.0471. The molecule has 3 heteroatoms. The predicted molar refractivity (Wildman–Crippen MR) is 47.2 cm³/mol. The lowest BCUT2D eigenvalue weighted by molar-refractivity contribution is -0.146. The second-order valence-electron chi connectivity index (χ2n) is 3.27.